The highest BCUT2D eigenvalue weighted by Crippen LogP contribution is 2.15. The van der Waals surface area contributed by atoms with Crippen molar-refractivity contribution >= 4 is 11.7 Å². The van der Waals surface area contributed by atoms with E-state index in [1.54, 1.807) is 12.1 Å². The normalized spacial score (nSPS) is 10.2. The van der Waals surface area contributed by atoms with Crippen LogP contribution in [0.25, 0.3) is 11.4 Å². The molecule has 0 aliphatic rings. The Bertz CT molecular complexity index is 519. The Labute approximate surface area is 98.0 Å². The van der Waals surface area contributed by atoms with E-state index in [9.17, 15) is 4.79 Å². The maximum atomic E-state index is 11.0. The molecule has 2 aromatic rings. The molecule has 0 saturated carbocycles. The molecule has 88 valence electrons. The van der Waals surface area contributed by atoms with Gasteiger partial charge in [0.2, 0.25) is 0 Å². The minimum atomic E-state index is -0.362. The molecule has 2 rings (SSSR count). The van der Waals surface area contributed by atoms with Crippen LogP contribution in [-0.4, -0.2) is 27.8 Å². The van der Waals surface area contributed by atoms with Gasteiger partial charge in [-0.05, 0) is 24.3 Å². The van der Waals surface area contributed by atoms with Gasteiger partial charge in [-0.3, -0.25) is 4.79 Å². The third kappa shape index (κ3) is 2.60. The average molecular weight is 232 g/mol. The van der Waals surface area contributed by atoms with Gasteiger partial charge in [-0.1, -0.05) is 0 Å². The van der Waals surface area contributed by atoms with Crippen LogP contribution in [0, 0.1) is 0 Å². The van der Waals surface area contributed by atoms with Gasteiger partial charge in [0.1, 0.15) is 12.9 Å². The van der Waals surface area contributed by atoms with Crippen molar-refractivity contribution in [2.75, 3.05) is 12.8 Å². The van der Waals surface area contributed by atoms with E-state index in [-0.39, 0.29) is 12.5 Å². The van der Waals surface area contributed by atoms with E-state index in [1.165, 1.54) is 18.1 Å². The summed E-state index contributed by atoms with van der Waals surface area (Å²) in [6, 6.07) is 7.20. The summed E-state index contributed by atoms with van der Waals surface area (Å²) in [4.78, 5) is 15.2. The van der Waals surface area contributed by atoms with E-state index >= 15 is 0 Å². The number of nitrogens with zero attached hydrogens (tertiary/aromatic N) is 3. The van der Waals surface area contributed by atoms with Gasteiger partial charge in [-0.2, -0.15) is 5.10 Å². The number of nitrogen functional groups attached to an aromatic ring is 1. The minimum Gasteiger partial charge on any atom is -0.468 e. The first kappa shape index (κ1) is 11.1. The second-order valence-electron chi connectivity index (χ2n) is 3.46. The lowest BCUT2D eigenvalue weighted by molar-refractivity contribution is -0.141. The van der Waals surface area contributed by atoms with Crippen LogP contribution in [0.4, 0.5) is 5.69 Å². The minimum absolute atomic E-state index is 0.0540. The number of ether oxygens (including phenoxy) is 1. The van der Waals surface area contributed by atoms with Gasteiger partial charge in [-0.15, -0.1) is 0 Å². The van der Waals surface area contributed by atoms with Crippen molar-refractivity contribution in [1.82, 2.24) is 14.8 Å². The topological polar surface area (TPSA) is 83.0 Å². The van der Waals surface area contributed by atoms with Crippen LogP contribution in [0.3, 0.4) is 0 Å². The number of methoxy groups -OCH3 is 1. The molecule has 0 spiro atoms. The van der Waals surface area contributed by atoms with Crippen LogP contribution in [0.2, 0.25) is 0 Å². The molecule has 6 heteroatoms. The Morgan fingerprint density at radius 1 is 1.41 bits per heavy atom. The van der Waals surface area contributed by atoms with Gasteiger partial charge in [-0.25, -0.2) is 9.67 Å². The van der Waals surface area contributed by atoms with Crippen molar-refractivity contribution in [3.05, 3.63) is 30.6 Å². The van der Waals surface area contributed by atoms with Crippen molar-refractivity contribution < 1.29 is 9.53 Å². The van der Waals surface area contributed by atoms with Gasteiger partial charge in [0.15, 0.2) is 5.82 Å². The molecule has 0 amide bonds. The molecule has 0 radical (unpaired) electrons. The summed E-state index contributed by atoms with van der Waals surface area (Å²) in [6.45, 7) is 0.0540. The van der Waals surface area contributed by atoms with E-state index in [2.05, 4.69) is 14.8 Å². The molecule has 17 heavy (non-hydrogen) atoms. The molecule has 0 atom stereocenters. The molecule has 0 bridgehead atoms. The predicted molar refractivity (Wildman–Crippen MR) is 61.9 cm³/mol. The monoisotopic (exact) mass is 232 g/mol. The lowest BCUT2D eigenvalue weighted by Crippen LogP contribution is -2.11. The first-order valence-electron chi connectivity index (χ1n) is 5.01. The predicted octanol–water partition coefficient (Wildman–Crippen LogP) is 0.700. The molecule has 0 saturated heterocycles. The number of esters is 1. The van der Waals surface area contributed by atoms with Crippen LogP contribution in [0.5, 0.6) is 0 Å². The fourth-order valence-corrected chi connectivity index (χ4v) is 1.33. The van der Waals surface area contributed by atoms with Crippen LogP contribution in [-0.2, 0) is 16.1 Å². The zero-order valence-electron chi connectivity index (χ0n) is 9.33. The highest BCUT2D eigenvalue weighted by Gasteiger charge is 2.07. The van der Waals surface area contributed by atoms with Crippen LogP contribution < -0.4 is 5.73 Å². The second-order valence-corrected chi connectivity index (χ2v) is 3.46. The van der Waals surface area contributed by atoms with E-state index in [0.717, 1.165) is 5.56 Å². The highest BCUT2D eigenvalue weighted by molar-refractivity contribution is 5.68. The SMILES string of the molecule is COC(=O)Cn1cnc(-c2ccc(N)cc2)n1. The number of hydrogen-bond donors (Lipinski definition) is 1. The van der Waals surface area contributed by atoms with Gasteiger partial charge < -0.3 is 10.5 Å². The lowest BCUT2D eigenvalue weighted by Gasteiger charge is -1.98. The van der Waals surface area contributed by atoms with Crippen LogP contribution >= 0.6 is 0 Å². The Kier molecular flexibility index (Phi) is 3.04. The van der Waals surface area contributed by atoms with Gasteiger partial charge in [0.25, 0.3) is 0 Å². The number of anilines is 1. The number of nitrogens with two attached hydrogens (primary N) is 1. The first-order valence-corrected chi connectivity index (χ1v) is 5.01. The zero-order chi connectivity index (χ0) is 12.3. The number of aromatic nitrogens is 3. The Hall–Kier alpha value is -2.37. The molecule has 6 nitrogen and oxygen atoms in total. The maximum Gasteiger partial charge on any atom is 0.327 e. The standard InChI is InChI=1S/C11H12N4O2/c1-17-10(16)6-15-7-13-11(14-15)8-2-4-9(12)5-3-8/h2-5,7H,6,12H2,1H3. The number of carbonyl (C=O) groups is 1. The summed E-state index contributed by atoms with van der Waals surface area (Å²) >= 11 is 0. The summed E-state index contributed by atoms with van der Waals surface area (Å²) in [6.07, 6.45) is 1.49. The Morgan fingerprint density at radius 2 is 2.12 bits per heavy atom. The largest absolute Gasteiger partial charge is 0.468 e. The van der Waals surface area contributed by atoms with Crippen molar-refractivity contribution in [3.63, 3.8) is 0 Å². The molecule has 2 N–H and O–H groups in total. The number of carbonyl (C=O) groups excluding carboxylic acids is 1. The molecule has 0 fully saturated rings. The van der Waals surface area contributed by atoms with E-state index in [0.29, 0.717) is 11.5 Å². The van der Waals surface area contributed by atoms with Crippen molar-refractivity contribution in [1.29, 1.82) is 0 Å². The molecule has 0 unspecified atom stereocenters. The number of hydrogen-bond acceptors (Lipinski definition) is 5. The summed E-state index contributed by atoms with van der Waals surface area (Å²) in [5.41, 5.74) is 7.12. The second kappa shape index (κ2) is 4.65. The maximum absolute atomic E-state index is 11.0. The quantitative estimate of drug-likeness (QED) is 0.622. The van der Waals surface area contributed by atoms with Crippen molar-refractivity contribution in [2.45, 2.75) is 6.54 Å². The molecular formula is C11H12N4O2. The highest BCUT2D eigenvalue weighted by atomic mass is 16.5. The number of rotatable bonds is 3. The Morgan fingerprint density at radius 3 is 2.76 bits per heavy atom. The Balaban J connectivity index is 2.18. The van der Waals surface area contributed by atoms with Crippen LogP contribution in [0.15, 0.2) is 30.6 Å². The molecule has 0 aliphatic carbocycles. The molecule has 1 aromatic carbocycles. The third-order valence-electron chi connectivity index (χ3n) is 2.22. The lowest BCUT2D eigenvalue weighted by atomic mass is 10.2. The summed E-state index contributed by atoms with van der Waals surface area (Å²) in [7, 11) is 1.33. The summed E-state index contributed by atoms with van der Waals surface area (Å²) < 4.78 is 5.97. The first-order chi connectivity index (χ1) is 8.19. The average Bonchev–Trinajstić information content (AvgIpc) is 2.78. The van der Waals surface area contributed by atoms with Gasteiger partial charge in [0.05, 0.1) is 7.11 Å². The fraction of sp³-hybridized carbons (Fsp3) is 0.182. The van der Waals surface area contributed by atoms with E-state index in [1.807, 2.05) is 12.1 Å². The van der Waals surface area contributed by atoms with Crippen LogP contribution in [0.1, 0.15) is 0 Å². The summed E-state index contributed by atoms with van der Waals surface area (Å²) in [5, 5.41) is 4.16. The number of benzene rings is 1. The van der Waals surface area contributed by atoms with Crippen molar-refractivity contribution in [2.24, 2.45) is 0 Å². The molecular weight excluding hydrogens is 220 g/mol. The molecule has 1 heterocycles. The van der Waals surface area contributed by atoms with E-state index < -0.39 is 0 Å². The van der Waals surface area contributed by atoms with E-state index in [4.69, 9.17) is 5.73 Å². The molecule has 0 aliphatic heterocycles. The van der Waals surface area contributed by atoms with Gasteiger partial charge >= 0.3 is 5.97 Å². The zero-order valence-corrected chi connectivity index (χ0v) is 9.33. The fourth-order valence-electron chi connectivity index (χ4n) is 1.33. The smallest absolute Gasteiger partial charge is 0.327 e. The third-order valence-corrected chi connectivity index (χ3v) is 2.22. The van der Waals surface area contributed by atoms with Gasteiger partial charge in [0, 0.05) is 11.3 Å². The molecule has 1 aromatic heterocycles. The van der Waals surface area contributed by atoms with Crippen molar-refractivity contribution in [3.8, 4) is 11.4 Å². The summed E-state index contributed by atoms with van der Waals surface area (Å²) in [5.74, 6) is 0.188.